The van der Waals surface area contributed by atoms with Gasteiger partial charge in [0.2, 0.25) is 0 Å². The quantitative estimate of drug-likeness (QED) is 0.912. The molecule has 0 unspecified atom stereocenters. The Kier molecular flexibility index (Phi) is 3.42. The molecule has 19 heavy (non-hydrogen) atoms. The van der Waals surface area contributed by atoms with Gasteiger partial charge in [-0.25, -0.2) is 4.98 Å². The molecule has 4 heteroatoms. The molecule has 2 atom stereocenters. The number of hydrogen-bond donors (Lipinski definition) is 1. The predicted molar refractivity (Wildman–Crippen MR) is 75.9 cm³/mol. The fourth-order valence-corrected chi connectivity index (χ4v) is 2.80. The molecule has 2 heterocycles. The van der Waals surface area contributed by atoms with Crippen LogP contribution in [0.4, 0.5) is 5.82 Å². The summed E-state index contributed by atoms with van der Waals surface area (Å²) in [4.78, 5) is 10.8. The molecule has 0 aliphatic carbocycles. The van der Waals surface area contributed by atoms with E-state index in [1.807, 2.05) is 0 Å². The minimum atomic E-state index is 0.379. The first-order chi connectivity index (χ1) is 9.34. The van der Waals surface area contributed by atoms with Crippen molar-refractivity contribution in [3.8, 4) is 0 Å². The highest BCUT2D eigenvalue weighted by atomic mass is 15.2. The van der Waals surface area contributed by atoms with Crippen LogP contribution < -0.4 is 5.32 Å². The lowest BCUT2D eigenvalue weighted by atomic mass is 10.0. The summed E-state index contributed by atoms with van der Waals surface area (Å²) in [5, 5.41) is 3.50. The summed E-state index contributed by atoms with van der Waals surface area (Å²) >= 11 is 0. The molecule has 0 bridgehead atoms. The van der Waals surface area contributed by atoms with Crippen molar-refractivity contribution in [1.82, 2.24) is 14.9 Å². The summed E-state index contributed by atoms with van der Waals surface area (Å²) in [6.07, 6.45) is 6.31. The number of likely N-dealkylation sites (tertiary alicyclic amines) is 1. The molecule has 1 aromatic carbocycles. The normalized spacial score (nSPS) is 23.4. The van der Waals surface area contributed by atoms with E-state index in [-0.39, 0.29) is 0 Å². The molecule has 0 radical (unpaired) electrons. The van der Waals surface area contributed by atoms with Crippen LogP contribution in [0.1, 0.15) is 18.0 Å². The maximum atomic E-state index is 4.30. The van der Waals surface area contributed by atoms with E-state index in [1.54, 1.807) is 18.6 Å². The Hall–Kier alpha value is -1.94. The molecule has 4 nitrogen and oxygen atoms in total. The SMILES string of the molecule is CN1CC[C@@H](Nc2cnccn2)[C@H]1c1ccccc1. The molecular weight excluding hydrogens is 236 g/mol. The lowest BCUT2D eigenvalue weighted by Crippen LogP contribution is -2.29. The van der Waals surface area contributed by atoms with E-state index in [9.17, 15) is 0 Å². The van der Waals surface area contributed by atoms with Crippen LogP contribution in [0.2, 0.25) is 0 Å². The number of hydrogen-bond acceptors (Lipinski definition) is 4. The molecule has 1 saturated heterocycles. The fraction of sp³-hybridized carbons (Fsp3) is 0.333. The summed E-state index contributed by atoms with van der Waals surface area (Å²) in [5.74, 6) is 0.851. The van der Waals surface area contributed by atoms with Crippen LogP contribution >= 0.6 is 0 Å². The molecule has 1 N–H and O–H groups in total. The maximum Gasteiger partial charge on any atom is 0.144 e. The lowest BCUT2D eigenvalue weighted by Gasteiger charge is -2.26. The van der Waals surface area contributed by atoms with Crippen molar-refractivity contribution in [2.24, 2.45) is 0 Å². The van der Waals surface area contributed by atoms with Crippen LogP contribution in [0.25, 0.3) is 0 Å². The van der Waals surface area contributed by atoms with Crippen molar-refractivity contribution in [2.45, 2.75) is 18.5 Å². The van der Waals surface area contributed by atoms with Gasteiger partial charge in [-0.3, -0.25) is 9.88 Å². The van der Waals surface area contributed by atoms with Crippen LogP contribution in [0.5, 0.6) is 0 Å². The number of benzene rings is 1. The van der Waals surface area contributed by atoms with Gasteiger partial charge in [0.25, 0.3) is 0 Å². The zero-order valence-electron chi connectivity index (χ0n) is 11.0. The third-order valence-corrected chi connectivity index (χ3v) is 3.69. The Balaban J connectivity index is 1.81. The Morgan fingerprint density at radius 3 is 2.79 bits per heavy atom. The van der Waals surface area contributed by atoms with Crippen molar-refractivity contribution in [1.29, 1.82) is 0 Å². The molecule has 0 saturated carbocycles. The minimum absolute atomic E-state index is 0.379. The Bertz CT molecular complexity index is 514. The summed E-state index contributed by atoms with van der Waals surface area (Å²) in [7, 11) is 2.18. The Labute approximate surface area is 113 Å². The molecule has 3 rings (SSSR count). The molecule has 0 spiro atoms. The number of likely N-dealkylation sites (N-methyl/N-ethyl adjacent to an activating group) is 1. The first-order valence-corrected chi connectivity index (χ1v) is 6.62. The number of nitrogens with zero attached hydrogens (tertiary/aromatic N) is 3. The molecule has 0 amide bonds. The zero-order chi connectivity index (χ0) is 13.1. The van der Waals surface area contributed by atoms with Crippen LogP contribution in [0.15, 0.2) is 48.9 Å². The molecule has 1 fully saturated rings. The van der Waals surface area contributed by atoms with Crippen LogP contribution in [-0.4, -0.2) is 34.5 Å². The van der Waals surface area contributed by atoms with E-state index in [4.69, 9.17) is 0 Å². The fourth-order valence-electron chi connectivity index (χ4n) is 2.80. The summed E-state index contributed by atoms with van der Waals surface area (Å²) in [5.41, 5.74) is 1.35. The minimum Gasteiger partial charge on any atom is -0.364 e. The standard InChI is InChI=1S/C15H18N4/c1-19-10-7-13(18-14-11-16-8-9-17-14)15(19)12-5-3-2-4-6-12/h2-6,8-9,11,13,15H,7,10H2,1H3,(H,17,18)/t13-,15-/m1/s1. The first-order valence-electron chi connectivity index (χ1n) is 6.62. The van der Waals surface area contributed by atoms with Crippen molar-refractivity contribution >= 4 is 5.82 Å². The van der Waals surface area contributed by atoms with Crippen LogP contribution in [0, 0.1) is 0 Å². The summed E-state index contributed by atoms with van der Waals surface area (Å²) in [6, 6.07) is 11.4. The van der Waals surface area contributed by atoms with Gasteiger partial charge in [0.15, 0.2) is 0 Å². The van der Waals surface area contributed by atoms with E-state index in [1.165, 1.54) is 5.56 Å². The average molecular weight is 254 g/mol. The van der Waals surface area contributed by atoms with Gasteiger partial charge >= 0.3 is 0 Å². The largest absolute Gasteiger partial charge is 0.364 e. The second-order valence-electron chi connectivity index (χ2n) is 4.97. The lowest BCUT2D eigenvalue weighted by molar-refractivity contribution is 0.309. The molecule has 98 valence electrons. The molecular formula is C15H18N4. The van der Waals surface area contributed by atoms with E-state index in [0.717, 1.165) is 18.8 Å². The topological polar surface area (TPSA) is 41.0 Å². The molecule has 1 aromatic heterocycles. The monoisotopic (exact) mass is 254 g/mol. The van der Waals surface area contributed by atoms with Gasteiger partial charge in [0.05, 0.1) is 12.2 Å². The van der Waals surface area contributed by atoms with Gasteiger partial charge in [-0.05, 0) is 19.0 Å². The highest BCUT2D eigenvalue weighted by molar-refractivity contribution is 5.35. The van der Waals surface area contributed by atoms with Gasteiger partial charge in [-0.15, -0.1) is 0 Å². The third-order valence-electron chi connectivity index (χ3n) is 3.69. The smallest absolute Gasteiger partial charge is 0.144 e. The number of rotatable bonds is 3. The second-order valence-corrected chi connectivity index (χ2v) is 4.97. The summed E-state index contributed by atoms with van der Waals surface area (Å²) < 4.78 is 0. The van der Waals surface area contributed by atoms with Crippen molar-refractivity contribution in [3.05, 3.63) is 54.5 Å². The number of anilines is 1. The second kappa shape index (κ2) is 5.36. The van der Waals surface area contributed by atoms with Gasteiger partial charge in [0.1, 0.15) is 5.82 Å². The number of aromatic nitrogens is 2. The maximum absolute atomic E-state index is 4.30. The first kappa shape index (κ1) is 12.1. The predicted octanol–water partition coefficient (Wildman–Crippen LogP) is 2.33. The zero-order valence-corrected chi connectivity index (χ0v) is 11.0. The van der Waals surface area contributed by atoms with E-state index < -0.39 is 0 Å². The van der Waals surface area contributed by atoms with Gasteiger partial charge in [-0.1, -0.05) is 30.3 Å². The van der Waals surface area contributed by atoms with E-state index in [0.29, 0.717) is 12.1 Å². The molecule has 1 aliphatic rings. The number of nitrogens with one attached hydrogen (secondary N) is 1. The van der Waals surface area contributed by atoms with E-state index in [2.05, 4.69) is 57.6 Å². The van der Waals surface area contributed by atoms with Crippen molar-refractivity contribution < 1.29 is 0 Å². The van der Waals surface area contributed by atoms with Crippen LogP contribution in [0.3, 0.4) is 0 Å². The molecule has 2 aromatic rings. The van der Waals surface area contributed by atoms with Crippen molar-refractivity contribution in [2.75, 3.05) is 18.9 Å². The Morgan fingerprint density at radius 1 is 1.21 bits per heavy atom. The summed E-state index contributed by atoms with van der Waals surface area (Å²) in [6.45, 7) is 1.09. The average Bonchev–Trinajstić information content (AvgIpc) is 2.82. The van der Waals surface area contributed by atoms with E-state index >= 15 is 0 Å². The third kappa shape index (κ3) is 2.58. The van der Waals surface area contributed by atoms with Crippen LogP contribution in [-0.2, 0) is 0 Å². The Morgan fingerprint density at radius 2 is 2.05 bits per heavy atom. The van der Waals surface area contributed by atoms with Gasteiger partial charge in [0, 0.05) is 25.0 Å². The highest BCUT2D eigenvalue weighted by Crippen LogP contribution is 2.32. The van der Waals surface area contributed by atoms with Gasteiger partial charge in [-0.2, -0.15) is 0 Å². The highest BCUT2D eigenvalue weighted by Gasteiger charge is 2.32. The molecule has 1 aliphatic heterocycles. The van der Waals surface area contributed by atoms with Gasteiger partial charge < -0.3 is 5.32 Å². The van der Waals surface area contributed by atoms with Crippen molar-refractivity contribution in [3.63, 3.8) is 0 Å².